The van der Waals surface area contributed by atoms with Gasteiger partial charge in [-0.1, -0.05) is 6.92 Å². The van der Waals surface area contributed by atoms with Crippen LogP contribution in [0.25, 0.3) is 0 Å². The number of carboxylic acids is 1. The van der Waals surface area contributed by atoms with E-state index in [4.69, 9.17) is 5.11 Å². The molecule has 0 radical (unpaired) electrons. The first kappa shape index (κ1) is 14.3. The lowest BCUT2D eigenvalue weighted by atomic mass is 10.2. The average molecular weight is 257 g/mol. The van der Waals surface area contributed by atoms with Gasteiger partial charge in [-0.25, -0.2) is 9.59 Å². The maximum Gasteiger partial charge on any atom is 0.326 e. The topological polar surface area (TPSA) is 98.7 Å². The van der Waals surface area contributed by atoms with E-state index in [-0.39, 0.29) is 12.5 Å². The van der Waals surface area contributed by atoms with Gasteiger partial charge in [0.2, 0.25) is 5.91 Å². The molecule has 0 aliphatic carbocycles. The monoisotopic (exact) mass is 257 g/mol. The minimum atomic E-state index is -1.08. The molecule has 1 rings (SSSR count). The summed E-state index contributed by atoms with van der Waals surface area (Å²) in [7, 11) is 0. The molecule has 0 aromatic heterocycles. The fourth-order valence-corrected chi connectivity index (χ4v) is 1.78. The van der Waals surface area contributed by atoms with E-state index in [1.807, 2.05) is 0 Å². The Labute approximate surface area is 106 Å². The molecule has 0 aromatic carbocycles. The van der Waals surface area contributed by atoms with Crippen molar-refractivity contribution < 1.29 is 19.5 Å². The molecule has 1 aliphatic rings. The number of aliphatic carboxylic acids is 1. The third-order valence-corrected chi connectivity index (χ3v) is 2.87. The van der Waals surface area contributed by atoms with Gasteiger partial charge in [-0.15, -0.1) is 0 Å². The lowest BCUT2D eigenvalue weighted by Crippen LogP contribution is -2.48. The molecule has 0 saturated carbocycles. The molecule has 7 heteroatoms. The maximum atomic E-state index is 11.6. The summed E-state index contributed by atoms with van der Waals surface area (Å²) in [4.78, 5) is 35.4. The van der Waals surface area contributed by atoms with Crippen molar-refractivity contribution in [3.8, 4) is 0 Å². The van der Waals surface area contributed by atoms with Crippen LogP contribution >= 0.6 is 0 Å². The Kier molecular flexibility index (Phi) is 5.41. The minimum Gasteiger partial charge on any atom is -0.480 e. The molecular weight excluding hydrogens is 238 g/mol. The number of urea groups is 1. The number of hydrogen-bond acceptors (Lipinski definition) is 3. The Morgan fingerprint density at radius 3 is 2.39 bits per heavy atom. The van der Waals surface area contributed by atoms with Crippen LogP contribution in [-0.4, -0.2) is 53.6 Å². The van der Waals surface area contributed by atoms with E-state index in [2.05, 4.69) is 10.6 Å². The number of hydrogen-bond donors (Lipinski definition) is 3. The van der Waals surface area contributed by atoms with Crippen molar-refractivity contribution in [1.82, 2.24) is 15.5 Å². The van der Waals surface area contributed by atoms with Gasteiger partial charge in [0.1, 0.15) is 6.04 Å². The number of carbonyl (C=O) groups is 3. The Balaban J connectivity index is 2.27. The number of carbonyl (C=O) groups excluding carboxylic acids is 2. The highest BCUT2D eigenvalue weighted by atomic mass is 16.4. The quantitative estimate of drug-likeness (QED) is 0.633. The Hall–Kier alpha value is -1.79. The van der Waals surface area contributed by atoms with E-state index in [1.165, 1.54) is 0 Å². The van der Waals surface area contributed by atoms with Crippen molar-refractivity contribution in [2.75, 3.05) is 19.6 Å². The zero-order valence-electron chi connectivity index (χ0n) is 10.4. The molecular formula is C11H19N3O4. The fraction of sp³-hybridized carbons (Fsp3) is 0.727. The number of carboxylic acid groups (broad SMARTS) is 1. The molecule has 1 saturated heterocycles. The molecule has 102 valence electrons. The standard InChI is InChI=1S/C11H19N3O4/c1-2-8(10(16)17)13-11(18)12-7-9(15)14-5-3-4-6-14/h8H,2-7H2,1H3,(H,16,17)(H2,12,13,18)/t8-/m1/s1. The van der Waals surface area contributed by atoms with Crippen LogP contribution in [0.3, 0.4) is 0 Å². The second-order valence-corrected chi connectivity index (χ2v) is 4.21. The SMILES string of the molecule is CC[C@@H](NC(=O)NCC(=O)N1CCCC1)C(=O)O. The molecule has 0 spiro atoms. The van der Waals surface area contributed by atoms with Gasteiger partial charge in [-0.3, -0.25) is 4.79 Å². The van der Waals surface area contributed by atoms with E-state index in [9.17, 15) is 14.4 Å². The van der Waals surface area contributed by atoms with Gasteiger partial charge in [0.05, 0.1) is 6.54 Å². The zero-order chi connectivity index (χ0) is 13.5. The van der Waals surface area contributed by atoms with Crippen LogP contribution in [0, 0.1) is 0 Å². The van der Waals surface area contributed by atoms with E-state index in [0.717, 1.165) is 25.9 Å². The zero-order valence-corrected chi connectivity index (χ0v) is 10.4. The minimum absolute atomic E-state index is 0.0954. The summed E-state index contributed by atoms with van der Waals surface area (Å²) in [6, 6.07) is -1.55. The molecule has 1 heterocycles. The van der Waals surface area contributed by atoms with E-state index >= 15 is 0 Å². The Morgan fingerprint density at radius 1 is 1.28 bits per heavy atom. The first-order valence-corrected chi connectivity index (χ1v) is 6.09. The van der Waals surface area contributed by atoms with Gasteiger partial charge in [0.25, 0.3) is 0 Å². The molecule has 3 N–H and O–H groups in total. The summed E-state index contributed by atoms with van der Waals surface area (Å²) in [5.74, 6) is -1.22. The Bertz CT molecular complexity index is 326. The van der Waals surface area contributed by atoms with Crippen molar-refractivity contribution >= 4 is 17.9 Å². The van der Waals surface area contributed by atoms with Crippen LogP contribution in [0.5, 0.6) is 0 Å². The van der Waals surface area contributed by atoms with Crippen LogP contribution < -0.4 is 10.6 Å². The third kappa shape index (κ3) is 4.23. The van der Waals surface area contributed by atoms with E-state index in [0.29, 0.717) is 6.42 Å². The Morgan fingerprint density at radius 2 is 1.89 bits per heavy atom. The molecule has 7 nitrogen and oxygen atoms in total. The number of amides is 3. The number of likely N-dealkylation sites (tertiary alicyclic amines) is 1. The van der Waals surface area contributed by atoms with Crippen LogP contribution in [0.2, 0.25) is 0 Å². The summed E-state index contributed by atoms with van der Waals surface area (Å²) >= 11 is 0. The third-order valence-electron chi connectivity index (χ3n) is 2.87. The van der Waals surface area contributed by atoms with Crippen molar-refractivity contribution in [2.45, 2.75) is 32.2 Å². The molecule has 1 aliphatic heterocycles. The number of nitrogens with one attached hydrogen (secondary N) is 2. The van der Waals surface area contributed by atoms with E-state index in [1.54, 1.807) is 11.8 Å². The van der Waals surface area contributed by atoms with Crippen LogP contribution in [0.15, 0.2) is 0 Å². The second-order valence-electron chi connectivity index (χ2n) is 4.21. The highest BCUT2D eigenvalue weighted by Gasteiger charge is 2.20. The largest absolute Gasteiger partial charge is 0.480 e. The predicted octanol–water partition coefficient (Wildman–Crippen LogP) is -0.229. The smallest absolute Gasteiger partial charge is 0.326 e. The highest BCUT2D eigenvalue weighted by molar-refractivity contribution is 5.86. The van der Waals surface area contributed by atoms with Crippen molar-refractivity contribution in [1.29, 1.82) is 0 Å². The van der Waals surface area contributed by atoms with Gasteiger partial charge < -0.3 is 20.6 Å². The van der Waals surface area contributed by atoms with Gasteiger partial charge in [-0.05, 0) is 19.3 Å². The van der Waals surface area contributed by atoms with Crippen molar-refractivity contribution in [3.05, 3.63) is 0 Å². The van der Waals surface area contributed by atoms with Crippen molar-refractivity contribution in [3.63, 3.8) is 0 Å². The summed E-state index contributed by atoms with van der Waals surface area (Å²) in [6.07, 6.45) is 2.28. The van der Waals surface area contributed by atoms with Gasteiger partial charge in [-0.2, -0.15) is 0 Å². The molecule has 0 aromatic rings. The second kappa shape index (κ2) is 6.83. The summed E-state index contributed by atoms with van der Waals surface area (Å²) < 4.78 is 0. The summed E-state index contributed by atoms with van der Waals surface area (Å²) in [5, 5.41) is 13.4. The fourth-order valence-electron chi connectivity index (χ4n) is 1.78. The van der Waals surface area contributed by atoms with Gasteiger partial charge >= 0.3 is 12.0 Å². The molecule has 3 amide bonds. The maximum absolute atomic E-state index is 11.6. The molecule has 0 unspecified atom stereocenters. The lowest BCUT2D eigenvalue weighted by molar-refractivity contribution is -0.139. The first-order valence-electron chi connectivity index (χ1n) is 6.09. The van der Waals surface area contributed by atoms with Crippen LogP contribution in [0.1, 0.15) is 26.2 Å². The highest BCUT2D eigenvalue weighted by Crippen LogP contribution is 2.06. The molecule has 0 bridgehead atoms. The average Bonchev–Trinajstić information content (AvgIpc) is 2.86. The van der Waals surface area contributed by atoms with E-state index < -0.39 is 18.0 Å². The molecule has 18 heavy (non-hydrogen) atoms. The predicted molar refractivity (Wildman–Crippen MR) is 64.1 cm³/mol. The number of nitrogens with zero attached hydrogens (tertiary/aromatic N) is 1. The van der Waals surface area contributed by atoms with Crippen LogP contribution in [0.4, 0.5) is 4.79 Å². The summed E-state index contributed by atoms with van der Waals surface area (Å²) in [6.45, 7) is 3.03. The molecule has 1 fully saturated rings. The normalized spacial score (nSPS) is 16.2. The first-order chi connectivity index (χ1) is 8.54. The van der Waals surface area contributed by atoms with Gasteiger partial charge in [0.15, 0.2) is 0 Å². The summed E-state index contributed by atoms with van der Waals surface area (Å²) in [5.41, 5.74) is 0. The van der Waals surface area contributed by atoms with Crippen molar-refractivity contribution in [2.24, 2.45) is 0 Å². The van der Waals surface area contributed by atoms with Gasteiger partial charge in [0, 0.05) is 13.1 Å². The van der Waals surface area contributed by atoms with Crippen LogP contribution in [-0.2, 0) is 9.59 Å². The molecule has 1 atom stereocenters. The lowest BCUT2D eigenvalue weighted by Gasteiger charge is -2.17. The number of rotatable bonds is 5.